The molecular formula is C24H26N2O9. The molecule has 35 heavy (non-hydrogen) atoms. The van der Waals surface area contributed by atoms with Gasteiger partial charge in [-0.2, -0.15) is 0 Å². The summed E-state index contributed by atoms with van der Waals surface area (Å²) in [5.74, 6) is -9.79. The third kappa shape index (κ3) is 3.11. The van der Waals surface area contributed by atoms with E-state index < -0.39 is 81.6 Å². The van der Waals surface area contributed by atoms with Crippen molar-refractivity contribution in [3.8, 4) is 5.75 Å². The lowest BCUT2D eigenvalue weighted by Crippen LogP contribution is -2.71. The van der Waals surface area contributed by atoms with Gasteiger partial charge in [0.2, 0.25) is 5.78 Å². The Morgan fingerprint density at radius 1 is 1.14 bits per heavy atom. The number of fused-ring (bicyclic) bond motifs is 3. The molecule has 1 aromatic carbocycles. The number of benzene rings is 1. The summed E-state index contributed by atoms with van der Waals surface area (Å²) in [6.07, 6.45) is -1.40. The molecule has 3 aliphatic rings. The maximum absolute atomic E-state index is 13.9. The number of amides is 1. The maximum Gasteiger partial charge on any atom is 0.302 e. The number of ether oxygens (including phenoxy) is 1. The summed E-state index contributed by atoms with van der Waals surface area (Å²) in [6, 6.07) is 3.08. The van der Waals surface area contributed by atoms with Crippen molar-refractivity contribution >= 4 is 29.2 Å². The molecule has 6 atom stereocenters. The molecule has 0 bridgehead atoms. The highest BCUT2D eigenvalue weighted by Gasteiger charge is 2.69. The largest absolute Gasteiger partial charge is 0.508 e. The lowest BCUT2D eigenvalue weighted by molar-refractivity contribution is -0.184. The number of ketones is 2. The van der Waals surface area contributed by atoms with Crippen molar-refractivity contribution in [3.05, 3.63) is 46.2 Å². The second-order valence-corrected chi connectivity index (χ2v) is 9.37. The predicted octanol–water partition coefficient (Wildman–Crippen LogP) is 0.0666. The zero-order valence-corrected chi connectivity index (χ0v) is 19.5. The number of aromatic hydroxyl groups is 1. The summed E-state index contributed by atoms with van der Waals surface area (Å²) >= 11 is 0. The average Bonchev–Trinajstić information content (AvgIpc) is 2.75. The van der Waals surface area contributed by atoms with E-state index in [1.165, 1.54) is 25.1 Å². The van der Waals surface area contributed by atoms with Crippen LogP contribution in [0.5, 0.6) is 5.75 Å². The second kappa shape index (κ2) is 7.92. The van der Waals surface area contributed by atoms with Gasteiger partial charge in [0.25, 0.3) is 5.91 Å². The third-order valence-corrected chi connectivity index (χ3v) is 7.27. The Labute approximate surface area is 200 Å². The molecule has 1 aromatic rings. The predicted molar refractivity (Wildman–Crippen MR) is 120 cm³/mol. The van der Waals surface area contributed by atoms with E-state index in [-0.39, 0.29) is 11.3 Å². The summed E-state index contributed by atoms with van der Waals surface area (Å²) in [5.41, 5.74) is 1.43. The number of phenols is 1. The monoisotopic (exact) mass is 486 g/mol. The summed E-state index contributed by atoms with van der Waals surface area (Å²) in [7, 11) is 2.92. The van der Waals surface area contributed by atoms with Crippen molar-refractivity contribution in [1.82, 2.24) is 4.90 Å². The van der Waals surface area contributed by atoms with Crippen molar-refractivity contribution in [1.29, 1.82) is 0 Å². The number of aliphatic hydroxyl groups excluding tert-OH is 2. The minimum Gasteiger partial charge on any atom is -0.508 e. The number of aliphatic hydroxyl groups is 3. The van der Waals surface area contributed by atoms with Gasteiger partial charge >= 0.3 is 5.97 Å². The van der Waals surface area contributed by atoms with Crippen LogP contribution >= 0.6 is 0 Å². The molecule has 3 aliphatic carbocycles. The van der Waals surface area contributed by atoms with Crippen LogP contribution in [-0.2, 0) is 23.9 Å². The van der Waals surface area contributed by atoms with Gasteiger partial charge in [0, 0.05) is 18.4 Å². The minimum atomic E-state index is -2.94. The molecule has 186 valence electrons. The van der Waals surface area contributed by atoms with E-state index in [1.54, 1.807) is 19.1 Å². The molecule has 1 amide bonds. The number of phenolic OH excluding ortho intramolecular Hbond substituents is 1. The fraction of sp³-hybridized carbons (Fsp3) is 0.417. The van der Waals surface area contributed by atoms with Crippen LogP contribution in [-0.4, -0.2) is 80.6 Å². The Kier molecular flexibility index (Phi) is 5.53. The first-order chi connectivity index (χ1) is 16.3. The summed E-state index contributed by atoms with van der Waals surface area (Å²) in [5, 5.41) is 44.3. The first-order valence-electron chi connectivity index (χ1n) is 10.9. The second-order valence-electron chi connectivity index (χ2n) is 9.37. The lowest BCUT2D eigenvalue weighted by atomic mass is 9.54. The van der Waals surface area contributed by atoms with Gasteiger partial charge in [-0.15, -0.1) is 0 Å². The van der Waals surface area contributed by atoms with Gasteiger partial charge in [0.15, 0.2) is 11.4 Å². The lowest BCUT2D eigenvalue weighted by Gasteiger charge is -2.54. The molecule has 11 nitrogen and oxygen atoms in total. The van der Waals surface area contributed by atoms with Gasteiger partial charge in [0.05, 0.1) is 17.5 Å². The molecule has 4 rings (SSSR count). The first-order valence-corrected chi connectivity index (χ1v) is 10.9. The molecular weight excluding hydrogens is 460 g/mol. The number of carbonyl (C=O) groups is 4. The van der Waals surface area contributed by atoms with Crippen LogP contribution < -0.4 is 5.73 Å². The molecule has 0 saturated heterocycles. The molecule has 0 aliphatic heterocycles. The van der Waals surface area contributed by atoms with E-state index in [9.17, 15) is 39.6 Å². The van der Waals surface area contributed by atoms with Crippen molar-refractivity contribution in [2.24, 2.45) is 17.6 Å². The zero-order chi connectivity index (χ0) is 26.1. The summed E-state index contributed by atoms with van der Waals surface area (Å²) in [4.78, 5) is 52.8. The topological polar surface area (TPSA) is 188 Å². The van der Waals surface area contributed by atoms with Crippen LogP contribution in [0.3, 0.4) is 0 Å². The number of esters is 1. The number of likely N-dealkylation sites (N-methyl/N-ethyl adjacent to an activating group) is 1. The van der Waals surface area contributed by atoms with E-state index in [4.69, 9.17) is 10.5 Å². The van der Waals surface area contributed by atoms with E-state index in [0.717, 1.165) is 6.92 Å². The number of primary amides is 1. The number of hydrogen-bond donors (Lipinski definition) is 5. The van der Waals surface area contributed by atoms with Crippen LogP contribution in [0.25, 0.3) is 5.76 Å². The Bertz CT molecular complexity index is 1250. The minimum absolute atomic E-state index is 0.0436. The molecule has 11 heteroatoms. The van der Waals surface area contributed by atoms with Gasteiger partial charge in [0.1, 0.15) is 28.9 Å². The fourth-order valence-electron chi connectivity index (χ4n) is 5.88. The van der Waals surface area contributed by atoms with Gasteiger partial charge < -0.3 is 30.9 Å². The van der Waals surface area contributed by atoms with Crippen molar-refractivity contribution < 1.29 is 44.3 Å². The van der Waals surface area contributed by atoms with Crippen LogP contribution in [0.15, 0.2) is 35.1 Å². The highest BCUT2D eigenvalue weighted by molar-refractivity contribution is 6.24. The van der Waals surface area contributed by atoms with Crippen molar-refractivity contribution in [3.63, 3.8) is 0 Å². The van der Waals surface area contributed by atoms with Crippen molar-refractivity contribution in [2.45, 2.75) is 37.5 Å². The van der Waals surface area contributed by atoms with Gasteiger partial charge in [-0.05, 0) is 31.6 Å². The molecule has 6 N–H and O–H groups in total. The zero-order valence-electron chi connectivity index (χ0n) is 19.5. The highest BCUT2D eigenvalue weighted by atomic mass is 16.5. The molecule has 1 saturated carbocycles. The number of Topliss-reactive ketones (excluding diaryl/α,β-unsaturated/α-hetero) is 2. The molecule has 1 fully saturated rings. The standard InChI is InChI=1S/C24H26N2O9/c1-8-10-6-5-7-11(28)13(10)18(29)14-12(8)20(35-9(2)27)16-17(26(3)4)19(30)15(23(25)33)22(32)24(16,34)21(14)31/h5-8,12,16-17,20,28-29,32,34H,1-4H3,(H2,25,33). The van der Waals surface area contributed by atoms with Crippen molar-refractivity contribution in [2.75, 3.05) is 14.1 Å². The number of nitrogens with two attached hydrogens (primary N) is 1. The summed E-state index contributed by atoms with van der Waals surface area (Å²) < 4.78 is 5.59. The van der Waals surface area contributed by atoms with E-state index >= 15 is 0 Å². The number of nitrogens with zero attached hydrogens (tertiary/aromatic N) is 1. The fourth-order valence-corrected chi connectivity index (χ4v) is 5.88. The normalized spacial score (nSPS) is 32.2. The van der Waals surface area contributed by atoms with Crippen LogP contribution in [0, 0.1) is 11.8 Å². The number of hydrogen-bond acceptors (Lipinski definition) is 10. The van der Waals surface area contributed by atoms with Crippen LogP contribution in [0.1, 0.15) is 30.9 Å². The Hall–Kier alpha value is -3.70. The first kappa shape index (κ1) is 24.4. The van der Waals surface area contributed by atoms with Crippen LogP contribution in [0.4, 0.5) is 0 Å². The maximum atomic E-state index is 13.9. The van der Waals surface area contributed by atoms with Crippen LogP contribution in [0.2, 0.25) is 0 Å². The molecule has 0 aromatic heterocycles. The van der Waals surface area contributed by atoms with Gasteiger partial charge in [-0.1, -0.05) is 19.1 Å². The average molecular weight is 486 g/mol. The van der Waals surface area contributed by atoms with Gasteiger partial charge in [-0.3, -0.25) is 24.1 Å². The smallest absolute Gasteiger partial charge is 0.302 e. The molecule has 0 heterocycles. The van der Waals surface area contributed by atoms with E-state index in [1.807, 2.05) is 0 Å². The van der Waals surface area contributed by atoms with E-state index in [0.29, 0.717) is 5.56 Å². The molecule has 6 unspecified atom stereocenters. The third-order valence-electron chi connectivity index (χ3n) is 7.27. The molecule has 0 spiro atoms. The Balaban J connectivity index is 2.12. The highest BCUT2D eigenvalue weighted by Crippen LogP contribution is 2.56. The quantitative estimate of drug-likeness (QED) is 0.289. The SMILES string of the molecule is CC(=O)OC1C2C(=C(O)c3c(O)cccc3C2C)C(=O)C2(O)C(O)=C(C(N)=O)C(=O)C(N(C)C)C12. The number of rotatable bonds is 3. The number of carbonyl (C=O) groups excluding carboxylic acids is 4. The molecule has 0 radical (unpaired) electrons. The Morgan fingerprint density at radius 3 is 2.31 bits per heavy atom. The van der Waals surface area contributed by atoms with E-state index in [2.05, 4.69) is 0 Å². The summed E-state index contributed by atoms with van der Waals surface area (Å²) in [6.45, 7) is 2.79. The van der Waals surface area contributed by atoms with Gasteiger partial charge in [-0.25, -0.2) is 0 Å². The Morgan fingerprint density at radius 2 is 1.77 bits per heavy atom.